The summed E-state index contributed by atoms with van der Waals surface area (Å²) in [6.07, 6.45) is 0.502. The minimum absolute atomic E-state index is 0.0862. The molecule has 4 aromatic rings. The van der Waals surface area contributed by atoms with Crippen molar-refractivity contribution in [1.29, 1.82) is 5.26 Å². The van der Waals surface area contributed by atoms with Crippen LogP contribution < -0.4 is 10.2 Å². The van der Waals surface area contributed by atoms with Crippen LogP contribution in [0.2, 0.25) is 0 Å². The van der Waals surface area contributed by atoms with Crippen molar-refractivity contribution in [2.75, 3.05) is 10.2 Å². The fraction of sp³-hybridized carbons (Fsp3) is 0.100. The molecule has 0 unspecified atom stereocenters. The first kappa shape index (κ1) is 23.4. The van der Waals surface area contributed by atoms with Gasteiger partial charge in [-0.25, -0.2) is 0 Å². The molecule has 1 heterocycles. The third-order valence-electron chi connectivity index (χ3n) is 6.06. The van der Waals surface area contributed by atoms with E-state index < -0.39 is 11.2 Å². The van der Waals surface area contributed by atoms with E-state index in [1.54, 1.807) is 0 Å². The number of hydrogen-bond acceptors (Lipinski definition) is 4. The summed E-state index contributed by atoms with van der Waals surface area (Å²) in [5.74, 6) is -0.685. The van der Waals surface area contributed by atoms with E-state index in [2.05, 4.69) is 17.5 Å². The zero-order chi connectivity index (χ0) is 25.1. The van der Waals surface area contributed by atoms with Gasteiger partial charge in [0, 0.05) is 16.8 Å². The molecular formula is C30H23N3O2S. The quantitative estimate of drug-likeness (QED) is 0.267. The Bertz CT molecular complexity index is 1530. The SMILES string of the molecule is Cc1cccc(C[C@@H]2S/C(=C(/C#N)C(=O)Nc3cccc4ccccc34)N(c3ccccc3)C2=O)c1. The number of benzene rings is 4. The highest BCUT2D eigenvalue weighted by molar-refractivity contribution is 8.05. The molecule has 36 heavy (non-hydrogen) atoms. The second-order valence-corrected chi connectivity index (χ2v) is 9.77. The van der Waals surface area contributed by atoms with E-state index >= 15 is 0 Å². The van der Waals surface area contributed by atoms with Gasteiger partial charge >= 0.3 is 0 Å². The summed E-state index contributed by atoms with van der Waals surface area (Å²) in [5, 5.41) is 14.8. The lowest BCUT2D eigenvalue weighted by molar-refractivity contribution is -0.117. The average Bonchev–Trinajstić information content (AvgIpc) is 3.20. The average molecular weight is 490 g/mol. The molecule has 1 fully saturated rings. The number of fused-ring (bicyclic) bond motifs is 1. The first-order chi connectivity index (χ1) is 17.5. The van der Waals surface area contributed by atoms with Crippen molar-refractivity contribution in [3.8, 4) is 6.07 Å². The molecule has 0 aromatic heterocycles. The molecule has 1 atom stereocenters. The highest BCUT2D eigenvalue weighted by Crippen LogP contribution is 2.42. The number of carbonyl (C=O) groups is 2. The van der Waals surface area contributed by atoms with Gasteiger partial charge < -0.3 is 5.32 Å². The lowest BCUT2D eigenvalue weighted by Crippen LogP contribution is -2.30. The molecule has 0 bridgehead atoms. The number of carbonyl (C=O) groups excluding carboxylic acids is 2. The van der Waals surface area contributed by atoms with Gasteiger partial charge in [-0.05, 0) is 42.5 Å². The molecule has 2 amide bonds. The summed E-state index contributed by atoms with van der Waals surface area (Å²) in [4.78, 5) is 28.5. The van der Waals surface area contributed by atoms with Gasteiger partial charge in [-0.3, -0.25) is 14.5 Å². The molecule has 0 radical (unpaired) electrons. The molecule has 1 N–H and O–H groups in total. The Morgan fingerprint density at radius 2 is 1.69 bits per heavy atom. The topological polar surface area (TPSA) is 73.2 Å². The number of nitrogens with one attached hydrogen (secondary N) is 1. The van der Waals surface area contributed by atoms with Crippen LogP contribution >= 0.6 is 11.8 Å². The van der Waals surface area contributed by atoms with Crippen molar-refractivity contribution in [1.82, 2.24) is 0 Å². The number of para-hydroxylation sites is 1. The number of amides is 2. The Labute approximate surface area is 214 Å². The van der Waals surface area contributed by atoms with Crippen LogP contribution in [-0.4, -0.2) is 17.1 Å². The van der Waals surface area contributed by atoms with E-state index in [1.165, 1.54) is 16.7 Å². The van der Waals surface area contributed by atoms with Crippen molar-refractivity contribution in [3.05, 3.63) is 119 Å². The van der Waals surface area contributed by atoms with Gasteiger partial charge in [0.2, 0.25) is 5.91 Å². The number of anilines is 2. The standard InChI is InChI=1S/C30H23N3O2S/c1-20-9-7-10-21(17-20)18-27-29(35)33(23-13-3-2-4-14-23)30(36-27)25(19-31)28(34)32-26-16-8-12-22-11-5-6-15-24(22)26/h2-17,27H,18H2,1H3,(H,32,34)/b30-25-/t27-/m0/s1. The van der Waals surface area contributed by atoms with Crippen molar-refractivity contribution in [3.63, 3.8) is 0 Å². The Morgan fingerprint density at radius 1 is 0.972 bits per heavy atom. The lowest BCUT2D eigenvalue weighted by Gasteiger charge is -2.18. The Kier molecular flexibility index (Phi) is 6.57. The van der Waals surface area contributed by atoms with Gasteiger partial charge in [-0.15, -0.1) is 0 Å². The highest BCUT2D eigenvalue weighted by atomic mass is 32.2. The Hall–Kier alpha value is -4.34. The first-order valence-corrected chi connectivity index (χ1v) is 12.5. The maximum Gasteiger partial charge on any atom is 0.269 e. The van der Waals surface area contributed by atoms with Crippen LogP contribution in [0.3, 0.4) is 0 Å². The van der Waals surface area contributed by atoms with Crippen LogP contribution in [0.4, 0.5) is 11.4 Å². The highest BCUT2D eigenvalue weighted by Gasteiger charge is 2.40. The maximum absolute atomic E-state index is 13.6. The third-order valence-corrected chi connectivity index (χ3v) is 7.32. The molecule has 176 valence electrons. The van der Waals surface area contributed by atoms with Gasteiger partial charge in [-0.2, -0.15) is 5.26 Å². The van der Waals surface area contributed by atoms with Crippen LogP contribution in [0.1, 0.15) is 11.1 Å². The summed E-state index contributed by atoms with van der Waals surface area (Å²) in [7, 11) is 0. The zero-order valence-corrected chi connectivity index (χ0v) is 20.5. The van der Waals surface area contributed by atoms with E-state index in [4.69, 9.17) is 0 Å². The molecule has 4 aromatic carbocycles. The fourth-order valence-corrected chi connectivity index (χ4v) is 5.68. The third kappa shape index (κ3) is 4.61. The Balaban J connectivity index is 1.53. The summed E-state index contributed by atoms with van der Waals surface area (Å²) >= 11 is 1.27. The van der Waals surface area contributed by atoms with E-state index in [-0.39, 0.29) is 11.5 Å². The normalized spacial score (nSPS) is 16.6. The van der Waals surface area contributed by atoms with E-state index in [1.807, 2.05) is 97.9 Å². The number of nitriles is 1. The van der Waals surface area contributed by atoms with Gasteiger partial charge in [0.15, 0.2) is 0 Å². The molecule has 1 aliphatic heterocycles. The summed E-state index contributed by atoms with van der Waals surface area (Å²) in [6, 6.07) is 32.6. The predicted molar refractivity (Wildman–Crippen MR) is 145 cm³/mol. The van der Waals surface area contributed by atoms with Gasteiger partial charge in [0.1, 0.15) is 16.7 Å². The Morgan fingerprint density at radius 3 is 2.47 bits per heavy atom. The monoisotopic (exact) mass is 489 g/mol. The van der Waals surface area contributed by atoms with Crippen LogP contribution in [0.25, 0.3) is 10.8 Å². The predicted octanol–water partition coefficient (Wildman–Crippen LogP) is 6.21. The van der Waals surface area contributed by atoms with Crippen molar-refractivity contribution in [2.24, 2.45) is 0 Å². The number of rotatable bonds is 5. The summed E-state index contributed by atoms with van der Waals surface area (Å²) in [6.45, 7) is 2.01. The van der Waals surface area contributed by atoms with Crippen molar-refractivity contribution in [2.45, 2.75) is 18.6 Å². The number of aryl methyl sites for hydroxylation is 1. The lowest BCUT2D eigenvalue weighted by atomic mass is 10.1. The first-order valence-electron chi connectivity index (χ1n) is 11.6. The van der Waals surface area contributed by atoms with Crippen LogP contribution in [0.5, 0.6) is 0 Å². The molecular weight excluding hydrogens is 466 g/mol. The molecule has 0 spiro atoms. The number of hydrogen-bond donors (Lipinski definition) is 1. The van der Waals surface area contributed by atoms with Gasteiger partial charge in [0.05, 0.1) is 5.25 Å². The fourth-order valence-electron chi connectivity index (χ4n) is 4.37. The molecule has 5 nitrogen and oxygen atoms in total. The van der Waals surface area contributed by atoms with Crippen molar-refractivity contribution >= 4 is 45.7 Å². The largest absolute Gasteiger partial charge is 0.321 e. The van der Waals surface area contributed by atoms with E-state index in [9.17, 15) is 14.9 Å². The number of thioether (sulfide) groups is 1. The van der Waals surface area contributed by atoms with Crippen LogP contribution in [-0.2, 0) is 16.0 Å². The molecule has 0 saturated carbocycles. The second kappa shape index (κ2) is 10.1. The van der Waals surface area contributed by atoms with E-state index in [0.29, 0.717) is 22.8 Å². The molecule has 6 heteroatoms. The van der Waals surface area contributed by atoms with Crippen molar-refractivity contribution < 1.29 is 9.59 Å². The molecule has 1 saturated heterocycles. The van der Waals surface area contributed by atoms with Gasteiger partial charge in [0.25, 0.3) is 5.91 Å². The zero-order valence-electron chi connectivity index (χ0n) is 19.6. The number of nitrogens with zero attached hydrogens (tertiary/aromatic N) is 2. The second-order valence-electron chi connectivity index (χ2n) is 8.58. The van der Waals surface area contributed by atoms with Crippen LogP contribution in [0, 0.1) is 18.3 Å². The smallest absolute Gasteiger partial charge is 0.269 e. The van der Waals surface area contributed by atoms with E-state index in [0.717, 1.165) is 21.9 Å². The summed E-state index contributed by atoms with van der Waals surface area (Å²) < 4.78 is 0. The molecule has 0 aliphatic carbocycles. The molecule has 5 rings (SSSR count). The molecule has 1 aliphatic rings. The summed E-state index contributed by atoms with van der Waals surface area (Å²) in [5.41, 5.74) is 3.31. The minimum Gasteiger partial charge on any atom is -0.321 e. The van der Waals surface area contributed by atoms with Gasteiger partial charge in [-0.1, -0.05) is 96.2 Å². The minimum atomic E-state index is -0.540. The van der Waals surface area contributed by atoms with Crippen LogP contribution in [0.15, 0.2) is 108 Å². The maximum atomic E-state index is 13.6.